The minimum Gasteiger partial charge on any atom is -0.497 e. The van der Waals surface area contributed by atoms with Gasteiger partial charge in [-0.2, -0.15) is 4.31 Å². The summed E-state index contributed by atoms with van der Waals surface area (Å²) in [6, 6.07) is 15.1. The second kappa shape index (κ2) is 12.5. The van der Waals surface area contributed by atoms with E-state index in [1.165, 1.54) is 0 Å². The van der Waals surface area contributed by atoms with Crippen molar-refractivity contribution in [1.82, 2.24) is 4.31 Å². The number of ether oxygens (including phenoxy) is 2. The van der Waals surface area contributed by atoms with Crippen LogP contribution in [0.2, 0.25) is 0 Å². The van der Waals surface area contributed by atoms with Crippen molar-refractivity contribution >= 4 is 10.0 Å². The molecule has 0 unspecified atom stereocenters. The molecule has 0 radical (unpaired) electrons. The molecule has 0 aliphatic heterocycles. The average molecular weight is 446 g/mol. The highest BCUT2D eigenvalue weighted by atomic mass is 32.2. The molecule has 2 aromatic carbocycles. The van der Waals surface area contributed by atoms with E-state index in [1.807, 2.05) is 48.5 Å². The van der Waals surface area contributed by atoms with E-state index >= 15 is 0 Å². The molecule has 0 bridgehead atoms. The van der Waals surface area contributed by atoms with Gasteiger partial charge in [0.05, 0.1) is 19.5 Å². The summed E-state index contributed by atoms with van der Waals surface area (Å²) in [5, 5.41) is -0.415. The van der Waals surface area contributed by atoms with Crippen LogP contribution in [-0.2, 0) is 23.1 Å². The third kappa shape index (κ3) is 7.40. The molecule has 1 atom stereocenters. The van der Waals surface area contributed by atoms with Crippen molar-refractivity contribution in [3.63, 3.8) is 0 Å². The Balaban J connectivity index is 2.34. The number of benzene rings is 2. The first-order chi connectivity index (χ1) is 14.9. The lowest BCUT2D eigenvalue weighted by Crippen LogP contribution is -2.38. The van der Waals surface area contributed by atoms with Crippen molar-refractivity contribution in [3.05, 3.63) is 72.3 Å². The zero-order chi connectivity index (χ0) is 22.7. The molecule has 0 N–H and O–H groups in total. The molecule has 0 fully saturated rings. The van der Waals surface area contributed by atoms with Crippen LogP contribution < -0.4 is 9.47 Å². The summed E-state index contributed by atoms with van der Waals surface area (Å²) in [6.07, 6.45) is 5.59. The Morgan fingerprint density at radius 1 is 0.903 bits per heavy atom. The Bertz CT molecular complexity index is 843. The second-order valence-corrected chi connectivity index (χ2v) is 9.85. The third-order valence-electron chi connectivity index (χ3n) is 5.39. The minimum absolute atomic E-state index is 0.315. The van der Waals surface area contributed by atoms with Crippen LogP contribution in [0.4, 0.5) is 0 Å². The standard InChI is InChI=1S/C25H35NO4S/c1-5-7-9-25(10-8-6-2)31(27,28)26(19-21-11-15-23(29-3)16-12-21)20-22-13-17-24(30-4)18-14-22/h5,11-18,25H,1,6-10,19-20H2,2-4H3/t25-/m1/s1. The maximum absolute atomic E-state index is 13.7. The van der Waals surface area contributed by atoms with Crippen molar-refractivity contribution in [1.29, 1.82) is 0 Å². The molecule has 6 heteroatoms. The van der Waals surface area contributed by atoms with Gasteiger partial charge in [-0.05, 0) is 54.7 Å². The van der Waals surface area contributed by atoms with Crippen LogP contribution in [0.3, 0.4) is 0 Å². The number of nitrogens with zero attached hydrogens (tertiary/aromatic N) is 1. The summed E-state index contributed by atoms with van der Waals surface area (Å²) < 4.78 is 39.6. The predicted octanol–water partition coefficient (Wildman–Crippen LogP) is 5.56. The van der Waals surface area contributed by atoms with Gasteiger partial charge in [0, 0.05) is 13.1 Å². The van der Waals surface area contributed by atoms with E-state index in [2.05, 4.69) is 13.5 Å². The molecule has 5 nitrogen and oxygen atoms in total. The molecule has 0 aromatic heterocycles. The summed E-state index contributed by atoms with van der Waals surface area (Å²) in [5.41, 5.74) is 1.85. The fourth-order valence-corrected chi connectivity index (χ4v) is 5.47. The lowest BCUT2D eigenvalue weighted by atomic mass is 10.1. The van der Waals surface area contributed by atoms with E-state index < -0.39 is 15.3 Å². The third-order valence-corrected chi connectivity index (χ3v) is 7.68. The highest BCUT2D eigenvalue weighted by molar-refractivity contribution is 7.89. The van der Waals surface area contributed by atoms with Crippen molar-refractivity contribution in [2.24, 2.45) is 0 Å². The second-order valence-electron chi connectivity index (χ2n) is 7.64. The number of rotatable bonds is 14. The summed E-state index contributed by atoms with van der Waals surface area (Å²) in [4.78, 5) is 0. The van der Waals surface area contributed by atoms with Gasteiger partial charge < -0.3 is 9.47 Å². The Hall–Kier alpha value is -2.31. The molecule has 2 rings (SSSR count). The smallest absolute Gasteiger partial charge is 0.217 e. The van der Waals surface area contributed by atoms with E-state index in [-0.39, 0.29) is 0 Å². The molecule has 0 saturated heterocycles. The van der Waals surface area contributed by atoms with Gasteiger partial charge >= 0.3 is 0 Å². The minimum atomic E-state index is -3.51. The normalized spacial score (nSPS) is 12.5. The molecular weight excluding hydrogens is 410 g/mol. The molecule has 0 heterocycles. The summed E-state index contributed by atoms with van der Waals surface area (Å²) >= 11 is 0. The van der Waals surface area contributed by atoms with Crippen molar-refractivity contribution in [3.8, 4) is 11.5 Å². The molecular formula is C25H35NO4S. The maximum atomic E-state index is 13.7. The van der Waals surface area contributed by atoms with E-state index in [9.17, 15) is 8.42 Å². The number of methoxy groups -OCH3 is 2. The van der Waals surface area contributed by atoms with Crippen molar-refractivity contribution < 1.29 is 17.9 Å². The van der Waals surface area contributed by atoms with Gasteiger partial charge in [-0.15, -0.1) is 6.58 Å². The van der Waals surface area contributed by atoms with E-state index in [1.54, 1.807) is 24.6 Å². The fraction of sp³-hybridized carbons (Fsp3) is 0.440. The average Bonchev–Trinajstić information content (AvgIpc) is 2.79. The lowest BCUT2D eigenvalue weighted by molar-refractivity contribution is 0.386. The molecule has 31 heavy (non-hydrogen) atoms. The Morgan fingerprint density at radius 2 is 1.39 bits per heavy atom. The molecule has 0 amide bonds. The number of hydrogen-bond acceptors (Lipinski definition) is 4. The Labute approximate surface area is 187 Å². The first kappa shape index (κ1) is 25.0. The van der Waals surface area contributed by atoms with Gasteiger partial charge in [-0.3, -0.25) is 0 Å². The predicted molar refractivity (Wildman–Crippen MR) is 127 cm³/mol. The van der Waals surface area contributed by atoms with Crippen molar-refractivity contribution in [2.45, 2.75) is 57.4 Å². The van der Waals surface area contributed by atoms with Gasteiger partial charge in [0.15, 0.2) is 0 Å². The van der Waals surface area contributed by atoms with Crippen LogP contribution in [0.25, 0.3) is 0 Å². The SMILES string of the molecule is C=CCC[C@H](CCCC)S(=O)(=O)N(Cc1ccc(OC)cc1)Cc1ccc(OC)cc1. The largest absolute Gasteiger partial charge is 0.497 e. The highest BCUT2D eigenvalue weighted by Gasteiger charge is 2.31. The van der Waals surface area contributed by atoms with E-state index in [4.69, 9.17) is 9.47 Å². The lowest BCUT2D eigenvalue weighted by Gasteiger charge is -2.28. The van der Waals surface area contributed by atoms with Gasteiger partial charge in [0.1, 0.15) is 11.5 Å². The topological polar surface area (TPSA) is 55.8 Å². The number of hydrogen-bond donors (Lipinski definition) is 0. The quantitative estimate of drug-likeness (QED) is 0.357. The summed E-state index contributed by atoms with van der Waals surface area (Å²) in [6.45, 7) is 6.49. The molecule has 0 spiro atoms. The maximum Gasteiger partial charge on any atom is 0.217 e. The first-order valence-corrected chi connectivity index (χ1v) is 12.3. The fourth-order valence-electron chi connectivity index (χ4n) is 3.49. The van der Waals surface area contributed by atoms with Crippen LogP contribution in [0.15, 0.2) is 61.2 Å². The molecule has 2 aromatic rings. The van der Waals surface area contributed by atoms with Gasteiger partial charge in [0.2, 0.25) is 10.0 Å². The van der Waals surface area contributed by atoms with Crippen LogP contribution in [0, 0.1) is 0 Å². The number of sulfonamides is 1. The van der Waals surface area contributed by atoms with Gasteiger partial charge in [-0.1, -0.05) is 50.1 Å². The van der Waals surface area contributed by atoms with Crippen LogP contribution in [0.1, 0.15) is 50.2 Å². The first-order valence-electron chi connectivity index (χ1n) is 10.8. The molecule has 0 aliphatic carbocycles. The van der Waals surface area contributed by atoms with Crippen LogP contribution in [-0.4, -0.2) is 32.2 Å². The van der Waals surface area contributed by atoms with Gasteiger partial charge in [0.25, 0.3) is 0 Å². The molecule has 170 valence electrons. The number of allylic oxidation sites excluding steroid dienone is 1. The molecule has 0 saturated carbocycles. The van der Waals surface area contributed by atoms with Gasteiger partial charge in [-0.25, -0.2) is 8.42 Å². The van der Waals surface area contributed by atoms with Crippen LogP contribution >= 0.6 is 0 Å². The number of unbranched alkanes of at least 4 members (excludes halogenated alkanes) is 1. The van der Waals surface area contributed by atoms with Crippen LogP contribution in [0.5, 0.6) is 11.5 Å². The Morgan fingerprint density at radius 3 is 1.77 bits per heavy atom. The zero-order valence-electron chi connectivity index (χ0n) is 18.9. The van der Waals surface area contributed by atoms with Crippen molar-refractivity contribution in [2.75, 3.05) is 14.2 Å². The monoisotopic (exact) mass is 445 g/mol. The van der Waals surface area contributed by atoms with E-state index in [0.29, 0.717) is 32.4 Å². The summed E-state index contributed by atoms with van der Waals surface area (Å²) in [5.74, 6) is 1.50. The van der Waals surface area contributed by atoms with E-state index in [0.717, 1.165) is 35.5 Å². The Kier molecular flexibility index (Phi) is 10.1. The zero-order valence-corrected chi connectivity index (χ0v) is 19.7. The summed E-state index contributed by atoms with van der Waals surface area (Å²) in [7, 11) is -0.275. The highest BCUT2D eigenvalue weighted by Crippen LogP contribution is 2.25. The molecule has 0 aliphatic rings.